The third-order valence-corrected chi connectivity index (χ3v) is 2.62. The molecule has 0 amide bonds. The number of rotatable bonds is 3. The first-order valence-corrected chi connectivity index (χ1v) is 5.06. The summed E-state index contributed by atoms with van der Waals surface area (Å²) in [6.45, 7) is -0.302. The zero-order valence-corrected chi connectivity index (χ0v) is 8.89. The molecule has 1 aromatic heterocycles. The fourth-order valence-corrected chi connectivity index (χ4v) is 1.73. The number of hydrogen-bond acceptors (Lipinski definition) is 7. The molecule has 2 rings (SSSR count). The summed E-state index contributed by atoms with van der Waals surface area (Å²) in [6, 6.07) is 1.41. The van der Waals surface area contributed by atoms with Gasteiger partial charge in [-0.1, -0.05) is 0 Å². The van der Waals surface area contributed by atoms with Gasteiger partial charge in [0, 0.05) is 18.7 Å². The molecule has 3 atom stereocenters. The van der Waals surface area contributed by atoms with Crippen LogP contribution in [0.25, 0.3) is 0 Å². The van der Waals surface area contributed by atoms with Crippen LogP contribution in [0.3, 0.4) is 0 Å². The number of aliphatic hydroxyl groups is 2. The zero-order valence-electron chi connectivity index (χ0n) is 8.89. The monoisotopic (exact) mass is 243 g/mol. The highest BCUT2D eigenvalue weighted by atomic mass is 16.6. The number of nitrogens with zero attached hydrogens (tertiary/aromatic N) is 2. The Morgan fingerprint density at radius 1 is 1.71 bits per heavy atom. The van der Waals surface area contributed by atoms with Gasteiger partial charge in [-0.25, -0.2) is 4.79 Å². The first-order valence-electron chi connectivity index (χ1n) is 5.06. The topological polar surface area (TPSA) is 120 Å². The van der Waals surface area contributed by atoms with Crippen LogP contribution in [0.5, 0.6) is 5.88 Å². The van der Waals surface area contributed by atoms with E-state index in [1.165, 1.54) is 16.8 Å². The molecule has 0 radical (unpaired) electrons. The molecule has 0 bridgehead atoms. The Labute approximate surface area is 96.2 Å². The molecule has 1 aliphatic rings. The summed E-state index contributed by atoms with van der Waals surface area (Å²) in [6.07, 6.45) is -0.502. The SMILES string of the molecule is NOc1ccn([C@H]2C[C@@H](O)C(CO)O2)c(=O)n1. The number of aliphatic hydroxyl groups excluding tert-OH is 2. The molecule has 0 spiro atoms. The highest BCUT2D eigenvalue weighted by molar-refractivity contribution is 5.05. The maximum Gasteiger partial charge on any atom is 0.353 e. The Morgan fingerprint density at radius 3 is 3.00 bits per heavy atom. The first-order chi connectivity index (χ1) is 8.15. The van der Waals surface area contributed by atoms with Gasteiger partial charge in [0.15, 0.2) is 0 Å². The Balaban J connectivity index is 2.22. The summed E-state index contributed by atoms with van der Waals surface area (Å²) in [7, 11) is 0. The Morgan fingerprint density at radius 2 is 2.47 bits per heavy atom. The highest BCUT2D eigenvalue weighted by Gasteiger charge is 2.34. The maximum absolute atomic E-state index is 11.6. The van der Waals surface area contributed by atoms with Crippen LogP contribution in [0, 0.1) is 0 Å². The van der Waals surface area contributed by atoms with Crippen LogP contribution in [0.2, 0.25) is 0 Å². The summed E-state index contributed by atoms with van der Waals surface area (Å²) in [5.74, 6) is 4.88. The molecule has 94 valence electrons. The molecule has 1 aliphatic heterocycles. The molecule has 1 aromatic rings. The molecule has 4 N–H and O–H groups in total. The summed E-state index contributed by atoms with van der Waals surface area (Å²) in [5, 5.41) is 18.5. The summed E-state index contributed by atoms with van der Waals surface area (Å²) in [5.41, 5.74) is -0.594. The number of hydrogen-bond donors (Lipinski definition) is 3. The van der Waals surface area contributed by atoms with Crippen LogP contribution in [0.1, 0.15) is 12.6 Å². The van der Waals surface area contributed by atoms with Gasteiger partial charge in [-0.3, -0.25) is 4.57 Å². The van der Waals surface area contributed by atoms with E-state index in [-0.39, 0.29) is 18.9 Å². The third-order valence-electron chi connectivity index (χ3n) is 2.62. The Hall–Kier alpha value is -1.48. The molecule has 0 aromatic carbocycles. The van der Waals surface area contributed by atoms with E-state index in [9.17, 15) is 9.90 Å². The van der Waals surface area contributed by atoms with Gasteiger partial charge in [0.05, 0.1) is 12.7 Å². The zero-order chi connectivity index (χ0) is 12.4. The van der Waals surface area contributed by atoms with E-state index in [2.05, 4.69) is 9.82 Å². The fraction of sp³-hybridized carbons (Fsp3) is 0.556. The lowest BCUT2D eigenvalue weighted by Gasteiger charge is -2.14. The Kier molecular flexibility index (Phi) is 3.38. The van der Waals surface area contributed by atoms with Crippen molar-refractivity contribution < 1.29 is 19.8 Å². The van der Waals surface area contributed by atoms with Gasteiger partial charge in [0.1, 0.15) is 12.3 Å². The van der Waals surface area contributed by atoms with E-state index in [1.54, 1.807) is 0 Å². The van der Waals surface area contributed by atoms with Crippen LogP contribution in [0.15, 0.2) is 17.1 Å². The van der Waals surface area contributed by atoms with Crippen molar-refractivity contribution >= 4 is 0 Å². The molecular formula is C9H13N3O5. The quantitative estimate of drug-likeness (QED) is 0.532. The fourth-order valence-electron chi connectivity index (χ4n) is 1.73. The van der Waals surface area contributed by atoms with Gasteiger partial charge in [0.25, 0.3) is 0 Å². The van der Waals surface area contributed by atoms with Crippen molar-refractivity contribution in [2.45, 2.75) is 24.9 Å². The number of nitrogens with two attached hydrogens (primary N) is 1. The van der Waals surface area contributed by atoms with E-state index in [1.807, 2.05) is 0 Å². The first kappa shape index (κ1) is 12.0. The summed E-state index contributed by atoms with van der Waals surface area (Å²) < 4.78 is 6.52. The summed E-state index contributed by atoms with van der Waals surface area (Å²) in [4.78, 5) is 19.4. The number of aromatic nitrogens is 2. The highest BCUT2D eigenvalue weighted by Crippen LogP contribution is 2.27. The minimum atomic E-state index is -0.803. The lowest BCUT2D eigenvalue weighted by molar-refractivity contribution is -0.0459. The molecule has 8 nitrogen and oxygen atoms in total. The molecule has 17 heavy (non-hydrogen) atoms. The Bertz CT molecular complexity index is 449. The van der Waals surface area contributed by atoms with Crippen molar-refractivity contribution in [3.63, 3.8) is 0 Å². The van der Waals surface area contributed by atoms with Crippen LogP contribution >= 0.6 is 0 Å². The van der Waals surface area contributed by atoms with Crippen LogP contribution in [-0.4, -0.2) is 38.6 Å². The van der Waals surface area contributed by atoms with Crippen molar-refractivity contribution in [1.82, 2.24) is 9.55 Å². The predicted molar refractivity (Wildman–Crippen MR) is 54.9 cm³/mol. The summed E-state index contributed by atoms with van der Waals surface area (Å²) >= 11 is 0. The van der Waals surface area contributed by atoms with Gasteiger partial charge in [0.2, 0.25) is 5.88 Å². The molecule has 0 aliphatic carbocycles. The minimum Gasteiger partial charge on any atom is -0.394 e. The molecule has 0 saturated carbocycles. The lowest BCUT2D eigenvalue weighted by atomic mass is 10.2. The van der Waals surface area contributed by atoms with Crippen molar-refractivity contribution in [3.05, 3.63) is 22.7 Å². The van der Waals surface area contributed by atoms with Gasteiger partial charge in [-0.05, 0) is 0 Å². The van der Waals surface area contributed by atoms with E-state index < -0.39 is 24.1 Å². The largest absolute Gasteiger partial charge is 0.394 e. The van der Waals surface area contributed by atoms with Gasteiger partial charge < -0.3 is 19.8 Å². The molecule has 1 fully saturated rings. The normalized spacial score (nSPS) is 28.3. The van der Waals surface area contributed by atoms with Crippen molar-refractivity contribution in [1.29, 1.82) is 0 Å². The molecule has 1 saturated heterocycles. The van der Waals surface area contributed by atoms with E-state index in [0.717, 1.165) is 0 Å². The second-order valence-corrected chi connectivity index (χ2v) is 3.69. The second-order valence-electron chi connectivity index (χ2n) is 3.69. The van der Waals surface area contributed by atoms with Crippen LogP contribution in [-0.2, 0) is 4.74 Å². The minimum absolute atomic E-state index is 0.00324. The average Bonchev–Trinajstić information content (AvgIpc) is 2.70. The smallest absolute Gasteiger partial charge is 0.353 e. The van der Waals surface area contributed by atoms with Crippen molar-refractivity contribution in [3.8, 4) is 5.88 Å². The molecule has 8 heteroatoms. The van der Waals surface area contributed by atoms with Crippen molar-refractivity contribution in [2.24, 2.45) is 5.90 Å². The standard InChI is InChI=1S/C9H13N3O5/c10-17-7-1-2-12(9(15)11-7)8-3-5(14)6(4-13)16-8/h1-2,5-6,8,13-14H,3-4,10H2/t5-,6?,8-/m1/s1. The third kappa shape index (κ3) is 2.29. The van der Waals surface area contributed by atoms with Gasteiger partial charge in [-0.2, -0.15) is 10.9 Å². The number of ether oxygens (including phenoxy) is 1. The van der Waals surface area contributed by atoms with Gasteiger partial charge >= 0.3 is 5.69 Å². The second kappa shape index (κ2) is 4.80. The van der Waals surface area contributed by atoms with E-state index >= 15 is 0 Å². The lowest BCUT2D eigenvalue weighted by Crippen LogP contribution is -2.28. The van der Waals surface area contributed by atoms with E-state index in [4.69, 9.17) is 15.7 Å². The van der Waals surface area contributed by atoms with Crippen molar-refractivity contribution in [2.75, 3.05) is 6.61 Å². The average molecular weight is 243 g/mol. The van der Waals surface area contributed by atoms with Gasteiger partial charge in [-0.15, -0.1) is 0 Å². The van der Waals surface area contributed by atoms with Crippen LogP contribution in [0.4, 0.5) is 0 Å². The maximum atomic E-state index is 11.6. The molecule has 1 unspecified atom stereocenters. The predicted octanol–water partition coefficient (Wildman–Crippen LogP) is -1.86. The molecule has 2 heterocycles. The van der Waals surface area contributed by atoms with Crippen LogP contribution < -0.4 is 16.4 Å². The van der Waals surface area contributed by atoms with E-state index in [0.29, 0.717) is 0 Å². The molecular weight excluding hydrogens is 230 g/mol.